The van der Waals surface area contributed by atoms with Crippen LogP contribution in [0.1, 0.15) is 20.8 Å². The van der Waals surface area contributed by atoms with Crippen molar-refractivity contribution >= 4 is 14.0 Å². The van der Waals surface area contributed by atoms with Crippen LogP contribution in [-0.2, 0) is 4.79 Å². The van der Waals surface area contributed by atoms with Gasteiger partial charge in [-0.05, 0) is 0 Å². The molecule has 0 bridgehead atoms. The maximum absolute atomic E-state index is 10.9. The van der Waals surface area contributed by atoms with E-state index in [1.165, 1.54) is 0 Å². The van der Waals surface area contributed by atoms with Gasteiger partial charge in [0.05, 0.1) is 13.1 Å². The van der Waals surface area contributed by atoms with E-state index in [4.69, 9.17) is 5.11 Å². The highest BCUT2D eigenvalue weighted by Crippen LogP contribution is 2.39. The quantitative estimate of drug-likeness (QED) is 0.668. The molecule has 0 aromatic rings. The molecule has 1 N–H and O–H groups in total. The van der Waals surface area contributed by atoms with Crippen molar-refractivity contribution in [2.24, 2.45) is 0 Å². The number of aliphatic carboxylic acids is 1. The smallest absolute Gasteiger partial charge is 0.306 e. The van der Waals surface area contributed by atoms with Gasteiger partial charge in [0.1, 0.15) is 0 Å². The molecule has 0 saturated carbocycles. The number of rotatable bonds is 3. The number of carbonyl (C=O) groups is 1. The van der Waals surface area contributed by atoms with E-state index in [-0.39, 0.29) is 0 Å². The number of hydrogen-bond donors (Lipinski definition) is 1. The van der Waals surface area contributed by atoms with Gasteiger partial charge >= 0.3 is 5.97 Å². The summed E-state index contributed by atoms with van der Waals surface area (Å²) in [5.74, 6) is -0.656. The van der Waals surface area contributed by atoms with Crippen molar-refractivity contribution < 1.29 is 9.90 Å². The maximum Gasteiger partial charge on any atom is 0.306 e. The van der Waals surface area contributed by atoms with Gasteiger partial charge in [-0.2, -0.15) is 0 Å². The predicted molar refractivity (Wildman–Crippen MR) is 49.6 cm³/mol. The van der Waals surface area contributed by atoms with Crippen LogP contribution in [0.2, 0.25) is 24.2 Å². The average Bonchev–Trinajstić information content (AvgIpc) is 1.87. The van der Waals surface area contributed by atoms with Gasteiger partial charge in [-0.1, -0.05) is 39.9 Å². The van der Waals surface area contributed by atoms with Crippen LogP contribution in [0.5, 0.6) is 0 Å². The Morgan fingerprint density at radius 1 is 1.45 bits per heavy atom. The van der Waals surface area contributed by atoms with Crippen LogP contribution in [0.4, 0.5) is 0 Å². The van der Waals surface area contributed by atoms with Crippen LogP contribution < -0.4 is 0 Å². The zero-order valence-electron chi connectivity index (χ0n) is 8.06. The van der Waals surface area contributed by atoms with E-state index in [1.807, 2.05) is 13.8 Å². The van der Waals surface area contributed by atoms with Crippen LogP contribution in [0.25, 0.3) is 0 Å². The molecule has 0 rings (SSSR count). The summed E-state index contributed by atoms with van der Waals surface area (Å²) in [7, 11) is -1.57. The number of carboxylic acids is 1. The first-order chi connectivity index (χ1) is 4.75. The van der Waals surface area contributed by atoms with Crippen molar-refractivity contribution in [1.82, 2.24) is 0 Å². The van der Waals surface area contributed by atoms with E-state index in [2.05, 4.69) is 20.0 Å². The zero-order valence-corrected chi connectivity index (χ0v) is 9.06. The monoisotopic (exact) mass is 174 g/mol. The van der Waals surface area contributed by atoms with Gasteiger partial charge < -0.3 is 5.11 Å². The van der Waals surface area contributed by atoms with E-state index in [9.17, 15) is 4.79 Å². The highest BCUT2D eigenvalue weighted by atomic mass is 28.3. The Labute approximate surface area is 69.6 Å². The van der Waals surface area contributed by atoms with Crippen molar-refractivity contribution in [2.45, 2.75) is 44.9 Å². The molecule has 0 unspecified atom stereocenters. The fraction of sp³-hybridized carbons (Fsp3) is 0.875. The maximum atomic E-state index is 10.9. The van der Waals surface area contributed by atoms with Crippen LogP contribution in [0.3, 0.4) is 0 Å². The molecule has 0 fully saturated rings. The van der Waals surface area contributed by atoms with Crippen LogP contribution in [0.15, 0.2) is 0 Å². The van der Waals surface area contributed by atoms with E-state index < -0.39 is 19.1 Å². The number of carboxylic acid groups (broad SMARTS) is 1. The van der Waals surface area contributed by atoms with Gasteiger partial charge in [0, 0.05) is 0 Å². The summed E-state index contributed by atoms with van der Waals surface area (Å²) in [6.45, 7) is 10.0. The third-order valence-corrected chi connectivity index (χ3v) is 8.48. The fourth-order valence-corrected chi connectivity index (χ4v) is 2.19. The number of hydrogen-bond acceptors (Lipinski definition) is 1. The average molecular weight is 174 g/mol. The topological polar surface area (TPSA) is 37.3 Å². The Morgan fingerprint density at radius 3 is 1.91 bits per heavy atom. The lowest BCUT2D eigenvalue weighted by molar-refractivity contribution is -0.139. The molecule has 0 spiro atoms. The fourth-order valence-electron chi connectivity index (χ4n) is 0.731. The van der Waals surface area contributed by atoms with Crippen molar-refractivity contribution in [3.05, 3.63) is 0 Å². The Morgan fingerprint density at radius 2 is 1.82 bits per heavy atom. The van der Waals surface area contributed by atoms with Crippen LogP contribution in [0, 0.1) is 0 Å². The SMILES string of the molecule is CC[Si](C)(C)C(C)(C)C(=O)O. The molecule has 0 aromatic heterocycles. The Balaban J connectivity index is 4.67. The van der Waals surface area contributed by atoms with Crippen molar-refractivity contribution in [3.8, 4) is 0 Å². The van der Waals surface area contributed by atoms with Gasteiger partial charge in [-0.25, -0.2) is 0 Å². The van der Waals surface area contributed by atoms with Crippen molar-refractivity contribution in [2.75, 3.05) is 0 Å². The summed E-state index contributed by atoms with van der Waals surface area (Å²) >= 11 is 0. The van der Waals surface area contributed by atoms with Crippen LogP contribution >= 0.6 is 0 Å². The third-order valence-electron chi connectivity index (χ3n) is 3.11. The lowest BCUT2D eigenvalue weighted by atomic mass is 10.2. The second kappa shape index (κ2) is 2.97. The summed E-state index contributed by atoms with van der Waals surface area (Å²) in [4.78, 5) is 10.9. The van der Waals surface area contributed by atoms with E-state index in [1.54, 1.807) is 0 Å². The molecule has 0 aliphatic heterocycles. The van der Waals surface area contributed by atoms with Crippen molar-refractivity contribution in [1.29, 1.82) is 0 Å². The lowest BCUT2D eigenvalue weighted by Crippen LogP contribution is -2.43. The molecular weight excluding hydrogens is 156 g/mol. The van der Waals surface area contributed by atoms with Crippen molar-refractivity contribution in [3.63, 3.8) is 0 Å². The standard InChI is InChI=1S/C8H18O2Si/c1-6-11(4,5)8(2,3)7(9)10/h6H2,1-5H3,(H,9,10). The second-order valence-corrected chi connectivity index (χ2v) is 9.89. The largest absolute Gasteiger partial charge is 0.481 e. The van der Waals surface area contributed by atoms with Gasteiger partial charge in [0.25, 0.3) is 0 Å². The highest BCUT2D eigenvalue weighted by molar-refractivity contribution is 6.83. The van der Waals surface area contributed by atoms with Gasteiger partial charge in [-0.3, -0.25) is 4.79 Å². The summed E-state index contributed by atoms with van der Waals surface area (Å²) < 4.78 is 0. The third kappa shape index (κ3) is 1.83. The molecule has 0 radical (unpaired) electrons. The van der Waals surface area contributed by atoms with Gasteiger partial charge in [-0.15, -0.1) is 0 Å². The molecule has 0 atom stereocenters. The minimum Gasteiger partial charge on any atom is -0.481 e. The predicted octanol–water partition coefficient (Wildman–Crippen LogP) is 2.58. The highest BCUT2D eigenvalue weighted by Gasteiger charge is 2.43. The van der Waals surface area contributed by atoms with E-state index >= 15 is 0 Å². The Hall–Kier alpha value is -0.313. The molecule has 0 heterocycles. The Kier molecular flexibility index (Phi) is 2.89. The summed E-state index contributed by atoms with van der Waals surface area (Å²) in [6, 6.07) is 1.02. The molecule has 66 valence electrons. The molecule has 0 aromatic carbocycles. The molecular formula is C8H18O2Si. The van der Waals surface area contributed by atoms with E-state index in [0.29, 0.717) is 0 Å². The first kappa shape index (κ1) is 10.7. The minimum atomic E-state index is -1.57. The molecule has 11 heavy (non-hydrogen) atoms. The Bertz CT molecular complexity index is 161. The normalized spacial score (nSPS) is 13.2. The summed E-state index contributed by atoms with van der Waals surface area (Å²) in [5.41, 5.74) is 0. The molecule has 3 heteroatoms. The van der Waals surface area contributed by atoms with Crippen LogP contribution in [-0.4, -0.2) is 19.1 Å². The molecule has 0 aliphatic carbocycles. The molecule has 0 saturated heterocycles. The minimum absolute atomic E-state index is 0.498. The second-order valence-electron chi connectivity index (χ2n) is 4.17. The first-order valence-electron chi connectivity index (χ1n) is 3.99. The van der Waals surface area contributed by atoms with Gasteiger partial charge in [0.2, 0.25) is 0 Å². The molecule has 0 amide bonds. The molecule has 0 aliphatic rings. The first-order valence-corrected chi connectivity index (χ1v) is 7.20. The lowest BCUT2D eigenvalue weighted by Gasteiger charge is -2.35. The van der Waals surface area contributed by atoms with Gasteiger partial charge in [0.15, 0.2) is 0 Å². The van der Waals surface area contributed by atoms with E-state index in [0.717, 1.165) is 6.04 Å². The summed E-state index contributed by atoms with van der Waals surface area (Å²) in [6.07, 6.45) is 0. The zero-order chi connectivity index (χ0) is 9.28. The summed E-state index contributed by atoms with van der Waals surface area (Å²) in [5, 5.41) is 8.44. The molecule has 2 nitrogen and oxygen atoms in total.